The first-order chi connectivity index (χ1) is 34.7. The molecule has 3 saturated carbocycles. The fourth-order valence-corrected chi connectivity index (χ4v) is 16.0. The Morgan fingerprint density at radius 1 is 1.03 bits per heavy atom. The number of hydrogen-bond acceptors (Lipinski definition) is 14. The maximum absolute atomic E-state index is 15.1. The molecule has 4 fully saturated rings. The van der Waals surface area contributed by atoms with Gasteiger partial charge in [-0.3, -0.25) is 10.1 Å². The molecule has 12 rings (SSSR count). The van der Waals surface area contributed by atoms with Crippen molar-refractivity contribution < 1.29 is 44.2 Å². The Labute approximate surface area is 420 Å². The van der Waals surface area contributed by atoms with Crippen LogP contribution in [0.1, 0.15) is 144 Å². The minimum Gasteiger partial charge on any atom is -0.508 e. The summed E-state index contributed by atoms with van der Waals surface area (Å²) in [6.07, 6.45) is 15.8. The van der Waals surface area contributed by atoms with Crippen molar-refractivity contribution in [1.29, 1.82) is 0 Å². The minimum absolute atomic E-state index is 0.00945. The van der Waals surface area contributed by atoms with Gasteiger partial charge in [-0.25, -0.2) is 4.79 Å². The maximum Gasteiger partial charge on any atom is 0.337 e. The van der Waals surface area contributed by atoms with Crippen molar-refractivity contribution in [3.63, 3.8) is 0 Å². The van der Waals surface area contributed by atoms with Crippen LogP contribution in [-0.4, -0.2) is 74.2 Å². The van der Waals surface area contributed by atoms with Crippen LogP contribution < -0.4 is 31.8 Å². The van der Waals surface area contributed by atoms with E-state index in [-0.39, 0.29) is 87.5 Å². The molecule has 9 atom stereocenters. The number of nitrogens with two attached hydrogens (primary N) is 1. The van der Waals surface area contributed by atoms with E-state index in [1.807, 2.05) is 6.07 Å². The molecule has 1 spiro atoms. The van der Waals surface area contributed by atoms with Crippen molar-refractivity contribution in [1.82, 2.24) is 16.0 Å². The van der Waals surface area contributed by atoms with Crippen LogP contribution in [0.5, 0.6) is 17.2 Å². The number of nitrogens with one attached hydrogen (secondary N) is 3. The summed E-state index contributed by atoms with van der Waals surface area (Å²) in [4.78, 5) is 29.6. The van der Waals surface area contributed by atoms with E-state index in [2.05, 4.69) is 42.1 Å². The van der Waals surface area contributed by atoms with E-state index >= 15 is 4.79 Å². The standard InChI is InChI=1S/C58H70N4O10/c1-4-41(58(69)18-7-8-19-58)55(68)71-44-24-39-50(67)47-43(66)23-33(27-63)70-52(47)48-45-37-15-20-60-53(59)46(37)49(57(16-5-6-17-57)25-30-10-11-32(65)22-38(30)40(45)28-64)36-14-13-34-31(21-42(36)56(44,3)72-51(39)48)26-61-54-35(34)12-9-29(2)62-54/h4,10-11,15,22-23,26,29,36,40,42,44-45,49,54,60-65,67,69H,5-9,12-14,16-21,24-25,27-28,59H2,1-3H3. The SMILES string of the molecule is CC=C(C(=O)OC1Cc2c3c(c4oc(CO)cc(=O)c4c2O)C2C4=CCNC(N)=C4C(C4CCC5=C6CCC(C)NC6NC=C5CC4C1(C)O3)C1(CCCC1)Cc1ccc(O)cc1C2CO)C1(O)CCCC1. The normalized spacial score (nSPS) is 32.2. The molecule has 3 aromatic rings. The lowest BCUT2D eigenvalue weighted by atomic mass is 9.54. The lowest BCUT2D eigenvalue weighted by Crippen LogP contribution is -2.60. The summed E-state index contributed by atoms with van der Waals surface area (Å²) in [6.45, 7) is 5.43. The molecule has 1 aromatic heterocycles. The summed E-state index contributed by atoms with van der Waals surface area (Å²) in [5, 5.41) is 70.0. The van der Waals surface area contributed by atoms with Gasteiger partial charge in [-0.05, 0) is 153 Å². The van der Waals surface area contributed by atoms with E-state index in [0.717, 1.165) is 86.5 Å². The second-order valence-corrected chi connectivity index (χ2v) is 23.0. The fraction of sp³-hybridized carbons (Fsp3) is 0.552. The Hall–Kier alpha value is -5.54. The van der Waals surface area contributed by atoms with Gasteiger partial charge in [-0.1, -0.05) is 43.9 Å². The third kappa shape index (κ3) is 7.16. The molecule has 2 aromatic carbocycles. The van der Waals surface area contributed by atoms with Crippen LogP contribution in [0.2, 0.25) is 0 Å². The Kier molecular flexibility index (Phi) is 11.6. The number of hydrogen-bond donors (Lipinski definition) is 9. The number of benzene rings is 2. The maximum atomic E-state index is 15.1. The number of aromatic hydroxyl groups is 2. The average Bonchev–Trinajstić information content (AvgIpc) is 3.98. The molecular formula is C58H70N4O10. The van der Waals surface area contributed by atoms with Crippen LogP contribution in [0.4, 0.5) is 0 Å². The molecule has 14 nitrogen and oxygen atoms in total. The summed E-state index contributed by atoms with van der Waals surface area (Å²) >= 11 is 0. The molecule has 14 heteroatoms. The van der Waals surface area contributed by atoms with Crippen LogP contribution in [0.25, 0.3) is 11.0 Å². The van der Waals surface area contributed by atoms with E-state index in [1.165, 1.54) is 22.8 Å². The number of rotatable bonds is 5. The van der Waals surface area contributed by atoms with Gasteiger partial charge in [0.25, 0.3) is 0 Å². The van der Waals surface area contributed by atoms with Gasteiger partial charge in [-0.15, -0.1) is 0 Å². The number of ether oxygens (including phenoxy) is 2. The predicted molar refractivity (Wildman–Crippen MR) is 271 cm³/mol. The number of aliphatic hydroxyl groups excluding tert-OH is 2. The highest BCUT2D eigenvalue weighted by atomic mass is 16.6. The molecule has 9 unspecified atom stereocenters. The highest BCUT2D eigenvalue weighted by molar-refractivity contribution is 5.93. The first kappa shape index (κ1) is 47.5. The van der Waals surface area contributed by atoms with Crippen LogP contribution >= 0.6 is 0 Å². The molecule has 9 aliphatic rings. The summed E-state index contributed by atoms with van der Waals surface area (Å²) < 4.78 is 21.5. The zero-order valence-electron chi connectivity index (χ0n) is 41.7. The van der Waals surface area contributed by atoms with Gasteiger partial charge in [0, 0.05) is 60.2 Å². The van der Waals surface area contributed by atoms with Gasteiger partial charge in [0.15, 0.2) is 5.43 Å². The van der Waals surface area contributed by atoms with E-state index in [1.54, 1.807) is 25.1 Å². The first-order valence-corrected chi connectivity index (χ1v) is 26.7. The van der Waals surface area contributed by atoms with Gasteiger partial charge in [0.1, 0.15) is 58.1 Å². The number of piperidine rings is 1. The fourth-order valence-electron chi connectivity index (χ4n) is 16.0. The number of dihydropyridines is 2. The molecule has 6 heterocycles. The lowest BCUT2D eigenvalue weighted by molar-refractivity contribution is -0.172. The quantitative estimate of drug-likeness (QED) is 0.0914. The Balaban J connectivity index is 1.20. The molecule has 382 valence electrons. The van der Waals surface area contributed by atoms with Crippen LogP contribution in [-0.2, 0) is 29.0 Å². The zero-order valence-corrected chi connectivity index (χ0v) is 41.7. The lowest BCUT2D eigenvalue weighted by Gasteiger charge is -2.55. The zero-order chi connectivity index (χ0) is 50.0. The Bertz CT molecular complexity index is 2990. The van der Waals surface area contributed by atoms with Crippen LogP contribution in [0.3, 0.4) is 0 Å². The molecule has 4 bridgehead atoms. The highest BCUT2D eigenvalue weighted by Crippen LogP contribution is 2.66. The molecular weight excluding hydrogens is 913 g/mol. The van der Waals surface area contributed by atoms with Gasteiger partial charge < -0.3 is 55.8 Å². The molecule has 4 aliphatic carbocycles. The number of phenols is 2. The Morgan fingerprint density at radius 3 is 2.56 bits per heavy atom. The van der Waals surface area contributed by atoms with Crippen molar-refractivity contribution in [2.75, 3.05) is 13.2 Å². The van der Waals surface area contributed by atoms with Gasteiger partial charge >= 0.3 is 5.97 Å². The summed E-state index contributed by atoms with van der Waals surface area (Å²) in [6, 6.07) is 7.05. The van der Waals surface area contributed by atoms with Crippen LogP contribution in [0.15, 0.2) is 91.1 Å². The monoisotopic (exact) mass is 983 g/mol. The summed E-state index contributed by atoms with van der Waals surface area (Å²) in [5.41, 5.74) is 12.2. The van der Waals surface area contributed by atoms with Crippen LogP contribution in [0, 0.1) is 23.2 Å². The van der Waals surface area contributed by atoms with E-state index < -0.39 is 47.1 Å². The average molecular weight is 983 g/mol. The third-order valence-electron chi connectivity index (χ3n) is 19.3. The molecule has 0 radical (unpaired) electrons. The number of carbonyl (C=O) groups is 1. The second-order valence-electron chi connectivity index (χ2n) is 23.0. The highest BCUT2D eigenvalue weighted by Gasteiger charge is 2.61. The molecule has 72 heavy (non-hydrogen) atoms. The topological polar surface area (TPSA) is 229 Å². The van der Waals surface area contributed by atoms with Gasteiger partial charge in [-0.2, -0.15) is 0 Å². The second kappa shape index (κ2) is 17.6. The number of allylic oxidation sites excluding steroid dienone is 5. The van der Waals surface area contributed by atoms with Gasteiger partial charge in [0.05, 0.1) is 23.9 Å². The van der Waals surface area contributed by atoms with E-state index in [4.69, 9.17) is 19.6 Å². The third-order valence-corrected chi connectivity index (χ3v) is 19.3. The van der Waals surface area contributed by atoms with Crippen molar-refractivity contribution in [2.24, 2.45) is 28.9 Å². The van der Waals surface area contributed by atoms with Crippen molar-refractivity contribution in [2.45, 2.75) is 165 Å². The van der Waals surface area contributed by atoms with Crippen molar-refractivity contribution in [3.8, 4) is 17.2 Å². The number of phenolic OH excluding ortho intramolecular Hbond substituents is 2. The minimum atomic E-state index is -1.36. The summed E-state index contributed by atoms with van der Waals surface area (Å²) in [7, 11) is 0. The van der Waals surface area contributed by atoms with E-state index in [9.17, 15) is 30.3 Å². The molecule has 10 N–H and O–H groups in total. The van der Waals surface area contributed by atoms with E-state index in [0.29, 0.717) is 49.7 Å². The van der Waals surface area contributed by atoms with Gasteiger partial charge in [0.2, 0.25) is 0 Å². The Morgan fingerprint density at radius 2 is 1.81 bits per heavy atom. The number of fused-ring (bicyclic) bond motifs is 11. The number of esters is 1. The summed E-state index contributed by atoms with van der Waals surface area (Å²) in [5.74, 6) is -2.54. The predicted octanol–water partition coefficient (Wildman–Crippen LogP) is 7.16. The number of aliphatic hydroxyl groups is 3. The molecule has 1 saturated heterocycles. The van der Waals surface area contributed by atoms with Crippen molar-refractivity contribution in [3.05, 3.63) is 120 Å². The number of carbonyl (C=O) groups excluding carboxylic acids is 1. The van der Waals surface area contributed by atoms with Crippen molar-refractivity contribution >= 4 is 16.9 Å². The molecule has 5 aliphatic heterocycles. The largest absolute Gasteiger partial charge is 0.508 e. The first-order valence-electron chi connectivity index (χ1n) is 26.7. The molecule has 0 amide bonds. The smallest absolute Gasteiger partial charge is 0.337 e.